The van der Waals surface area contributed by atoms with E-state index in [0.29, 0.717) is 24.9 Å². The fraction of sp³-hybridized carbons (Fsp3) is 0.444. The SMILES string of the molecule is CC(c1cccnc1)C1CCN(c2cc(Cl)cnc2C(F)(F)F)CC1. The molecule has 0 radical (unpaired) electrons. The van der Waals surface area contributed by atoms with E-state index in [1.807, 2.05) is 18.3 Å². The molecule has 0 spiro atoms. The summed E-state index contributed by atoms with van der Waals surface area (Å²) in [6.07, 6.45) is 1.80. The van der Waals surface area contributed by atoms with Gasteiger partial charge in [0.2, 0.25) is 0 Å². The van der Waals surface area contributed by atoms with Gasteiger partial charge in [-0.1, -0.05) is 24.6 Å². The second-order valence-corrected chi connectivity index (χ2v) is 6.85. The van der Waals surface area contributed by atoms with Crippen molar-refractivity contribution in [3.8, 4) is 0 Å². The molecule has 2 aromatic rings. The van der Waals surface area contributed by atoms with Crippen molar-refractivity contribution in [1.29, 1.82) is 0 Å². The standard InChI is InChI=1S/C18H19ClF3N3/c1-12(14-3-2-6-23-10-14)13-4-7-25(8-5-13)16-9-15(19)11-24-17(16)18(20,21)22/h2-3,6,9-13H,4-5,7-8H2,1H3. The summed E-state index contributed by atoms with van der Waals surface area (Å²) < 4.78 is 39.7. The minimum Gasteiger partial charge on any atom is -0.370 e. The van der Waals surface area contributed by atoms with Gasteiger partial charge in [-0.2, -0.15) is 13.2 Å². The lowest BCUT2D eigenvalue weighted by Gasteiger charge is -2.37. The fourth-order valence-corrected chi connectivity index (χ4v) is 3.60. The highest BCUT2D eigenvalue weighted by Crippen LogP contribution is 2.39. The van der Waals surface area contributed by atoms with Crippen molar-refractivity contribution in [2.75, 3.05) is 18.0 Å². The summed E-state index contributed by atoms with van der Waals surface area (Å²) in [6.45, 7) is 3.26. The van der Waals surface area contributed by atoms with Crippen LogP contribution in [0.4, 0.5) is 18.9 Å². The quantitative estimate of drug-likeness (QED) is 0.747. The lowest BCUT2D eigenvalue weighted by atomic mass is 9.81. The minimum absolute atomic E-state index is 0.0764. The number of hydrogen-bond acceptors (Lipinski definition) is 3. The molecule has 1 fully saturated rings. The van der Waals surface area contributed by atoms with Gasteiger partial charge in [0.15, 0.2) is 5.69 Å². The summed E-state index contributed by atoms with van der Waals surface area (Å²) in [4.78, 5) is 9.42. The number of anilines is 1. The molecule has 25 heavy (non-hydrogen) atoms. The van der Waals surface area contributed by atoms with Gasteiger partial charge < -0.3 is 4.90 Å². The number of aromatic nitrogens is 2. The first-order valence-electron chi connectivity index (χ1n) is 8.24. The molecule has 7 heteroatoms. The minimum atomic E-state index is -4.49. The third kappa shape index (κ3) is 4.06. The zero-order valence-electron chi connectivity index (χ0n) is 13.8. The molecule has 1 aliphatic heterocycles. The topological polar surface area (TPSA) is 29.0 Å². The van der Waals surface area contributed by atoms with E-state index in [-0.39, 0.29) is 10.7 Å². The van der Waals surface area contributed by atoms with Crippen molar-refractivity contribution >= 4 is 17.3 Å². The van der Waals surface area contributed by atoms with Crippen LogP contribution in [0.2, 0.25) is 5.02 Å². The van der Waals surface area contributed by atoms with Crippen LogP contribution in [-0.2, 0) is 6.18 Å². The summed E-state index contributed by atoms with van der Waals surface area (Å²) in [6, 6.07) is 5.32. The van der Waals surface area contributed by atoms with Crippen molar-refractivity contribution in [2.45, 2.75) is 31.9 Å². The summed E-state index contributed by atoms with van der Waals surface area (Å²) >= 11 is 5.88. The number of halogens is 4. The van der Waals surface area contributed by atoms with Crippen LogP contribution < -0.4 is 4.90 Å². The highest BCUT2D eigenvalue weighted by atomic mass is 35.5. The van der Waals surface area contributed by atoms with Crippen LogP contribution in [0.1, 0.15) is 36.9 Å². The maximum Gasteiger partial charge on any atom is 0.435 e. The van der Waals surface area contributed by atoms with Crippen molar-refractivity contribution < 1.29 is 13.2 Å². The molecule has 2 aromatic heterocycles. The van der Waals surface area contributed by atoms with Gasteiger partial charge in [-0.05, 0) is 42.4 Å². The zero-order chi connectivity index (χ0) is 18.0. The van der Waals surface area contributed by atoms with Crippen LogP contribution in [-0.4, -0.2) is 23.1 Å². The number of rotatable bonds is 3. The van der Waals surface area contributed by atoms with E-state index >= 15 is 0 Å². The second kappa shape index (κ2) is 7.20. The Morgan fingerprint density at radius 2 is 1.96 bits per heavy atom. The van der Waals surface area contributed by atoms with E-state index in [0.717, 1.165) is 19.0 Å². The summed E-state index contributed by atoms with van der Waals surface area (Å²) in [5.41, 5.74) is 0.379. The van der Waals surface area contributed by atoms with Crippen molar-refractivity contribution in [1.82, 2.24) is 9.97 Å². The van der Waals surface area contributed by atoms with Gasteiger partial charge in [0.1, 0.15) is 0 Å². The molecule has 0 aliphatic carbocycles. The summed E-state index contributed by atoms with van der Waals surface area (Å²) in [5.74, 6) is 0.748. The fourth-order valence-electron chi connectivity index (χ4n) is 3.45. The Morgan fingerprint density at radius 1 is 1.24 bits per heavy atom. The highest BCUT2D eigenvalue weighted by Gasteiger charge is 2.38. The van der Waals surface area contributed by atoms with Gasteiger partial charge in [0.25, 0.3) is 0 Å². The predicted molar refractivity (Wildman–Crippen MR) is 91.8 cm³/mol. The molecule has 0 bridgehead atoms. The Balaban J connectivity index is 1.74. The average Bonchev–Trinajstić information content (AvgIpc) is 2.61. The molecule has 1 unspecified atom stereocenters. The first-order valence-corrected chi connectivity index (χ1v) is 8.61. The zero-order valence-corrected chi connectivity index (χ0v) is 14.6. The van der Waals surface area contributed by atoms with E-state index < -0.39 is 11.9 Å². The van der Waals surface area contributed by atoms with E-state index in [4.69, 9.17) is 11.6 Å². The Bertz CT molecular complexity index is 713. The molecule has 3 nitrogen and oxygen atoms in total. The highest BCUT2D eigenvalue weighted by molar-refractivity contribution is 6.30. The van der Waals surface area contributed by atoms with Gasteiger partial charge in [-0.3, -0.25) is 4.98 Å². The van der Waals surface area contributed by atoms with E-state index in [1.54, 1.807) is 11.1 Å². The predicted octanol–water partition coefficient (Wildman–Crippen LogP) is 5.17. The molecular weight excluding hydrogens is 351 g/mol. The maximum absolute atomic E-state index is 13.2. The lowest BCUT2D eigenvalue weighted by Crippen LogP contribution is -2.36. The molecule has 3 heterocycles. The maximum atomic E-state index is 13.2. The first kappa shape index (κ1) is 18.0. The summed E-state index contributed by atoms with van der Waals surface area (Å²) in [7, 11) is 0. The Labute approximate surface area is 149 Å². The van der Waals surface area contributed by atoms with Crippen LogP contribution in [0.25, 0.3) is 0 Å². The van der Waals surface area contributed by atoms with Crippen LogP contribution >= 0.6 is 11.6 Å². The number of nitrogens with zero attached hydrogens (tertiary/aromatic N) is 3. The third-order valence-electron chi connectivity index (χ3n) is 4.90. The van der Waals surface area contributed by atoms with Crippen LogP contribution in [0, 0.1) is 5.92 Å². The van der Waals surface area contributed by atoms with Crippen molar-refractivity contribution in [2.24, 2.45) is 5.92 Å². The average molecular weight is 370 g/mol. The molecule has 0 amide bonds. The second-order valence-electron chi connectivity index (χ2n) is 6.42. The summed E-state index contributed by atoms with van der Waals surface area (Å²) in [5, 5.41) is 0.217. The van der Waals surface area contributed by atoms with Gasteiger partial charge in [-0.15, -0.1) is 0 Å². The normalized spacial score (nSPS) is 17.6. The third-order valence-corrected chi connectivity index (χ3v) is 5.11. The Morgan fingerprint density at radius 3 is 2.56 bits per heavy atom. The van der Waals surface area contributed by atoms with Crippen molar-refractivity contribution in [3.05, 3.63) is 53.1 Å². The van der Waals surface area contributed by atoms with Gasteiger partial charge in [0, 0.05) is 31.7 Å². The molecule has 0 saturated carbocycles. The van der Waals surface area contributed by atoms with E-state index in [9.17, 15) is 13.2 Å². The molecule has 134 valence electrons. The van der Waals surface area contributed by atoms with Gasteiger partial charge >= 0.3 is 6.18 Å². The van der Waals surface area contributed by atoms with Gasteiger partial charge in [-0.25, -0.2) is 4.98 Å². The largest absolute Gasteiger partial charge is 0.435 e. The van der Waals surface area contributed by atoms with Crippen LogP contribution in [0.5, 0.6) is 0 Å². The molecule has 3 rings (SSSR count). The van der Waals surface area contributed by atoms with Crippen LogP contribution in [0.15, 0.2) is 36.8 Å². The molecule has 1 aliphatic rings. The Hall–Kier alpha value is -1.82. The number of piperidine rings is 1. The number of hydrogen-bond donors (Lipinski definition) is 0. The number of pyridine rings is 2. The monoisotopic (exact) mass is 369 g/mol. The molecule has 0 N–H and O–H groups in total. The van der Waals surface area contributed by atoms with Crippen molar-refractivity contribution in [3.63, 3.8) is 0 Å². The van der Waals surface area contributed by atoms with Gasteiger partial charge in [0.05, 0.1) is 10.7 Å². The molecule has 1 saturated heterocycles. The molecular formula is C18H19ClF3N3. The Kier molecular flexibility index (Phi) is 5.18. The first-order chi connectivity index (χ1) is 11.9. The smallest absolute Gasteiger partial charge is 0.370 e. The number of alkyl halides is 3. The van der Waals surface area contributed by atoms with E-state index in [2.05, 4.69) is 16.9 Å². The van der Waals surface area contributed by atoms with E-state index in [1.165, 1.54) is 11.6 Å². The van der Waals surface area contributed by atoms with Crippen LogP contribution in [0.3, 0.4) is 0 Å². The molecule has 0 aromatic carbocycles. The molecule has 1 atom stereocenters. The lowest BCUT2D eigenvalue weighted by molar-refractivity contribution is -0.140.